The first-order chi connectivity index (χ1) is 12.8. The maximum Gasteiger partial charge on any atom is 0.416 e. The second kappa shape index (κ2) is 8.19. The van der Waals surface area contributed by atoms with Crippen LogP contribution in [-0.4, -0.2) is 49.7 Å². The summed E-state index contributed by atoms with van der Waals surface area (Å²) in [5.41, 5.74) is -1.24. The van der Waals surface area contributed by atoms with Gasteiger partial charge in [-0.1, -0.05) is 25.1 Å². The molecule has 0 unspecified atom stereocenters. The third-order valence-corrected chi connectivity index (χ3v) is 5.89. The molecule has 0 aromatic heterocycles. The van der Waals surface area contributed by atoms with Crippen molar-refractivity contribution in [1.29, 1.82) is 0 Å². The molecule has 1 aromatic carbocycles. The molecule has 2 aliphatic rings. The highest BCUT2D eigenvalue weighted by Gasteiger charge is 2.43. The van der Waals surface area contributed by atoms with E-state index < -0.39 is 17.2 Å². The van der Waals surface area contributed by atoms with Crippen LogP contribution in [0.2, 0.25) is 0 Å². The Morgan fingerprint density at radius 2 is 1.93 bits per heavy atom. The minimum atomic E-state index is -4.42. The van der Waals surface area contributed by atoms with Gasteiger partial charge >= 0.3 is 6.18 Å². The number of carbonyl (C=O) groups excluding carboxylic acids is 1. The van der Waals surface area contributed by atoms with Crippen molar-refractivity contribution in [1.82, 2.24) is 10.2 Å². The molecule has 1 N–H and O–H groups in total. The molecule has 4 nitrogen and oxygen atoms in total. The molecule has 27 heavy (non-hydrogen) atoms. The van der Waals surface area contributed by atoms with Gasteiger partial charge in [0.2, 0.25) is 5.91 Å². The molecule has 1 amide bonds. The molecule has 2 fully saturated rings. The molecule has 7 heteroatoms. The summed E-state index contributed by atoms with van der Waals surface area (Å²) in [6.45, 7) is 5.72. The van der Waals surface area contributed by atoms with E-state index in [-0.39, 0.29) is 11.9 Å². The average molecular weight is 384 g/mol. The van der Waals surface area contributed by atoms with Crippen LogP contribution in [0.3, 0.4) is 0 Å². The second-order valence-electron chi connectivity index (χ2n) is 7.46. The highest BCUT2D eigenvalue weighted by molar-refractivity contribution is 5.88. The number of alkyl halides is 3. The molecule has 2 aliphatic heterocycles. The van der Waals surface area contributed by atoms with Gasteiger partial charge in [0, 0.05) is 32.3 Å². The number of hydrogen-bond donors (Lipinski definition) is 1. The van der Waals surface area contributed by atoms with Crippen molar-refractivity contribution in [3.63, 3.8) is 0 Å². The standard InChI is InChI=1S/C20H27F3N2O2/c1-2-25-10-6-17(7-11-25)24-18(26)19(8-12-27-13-9-19)15-4-3-5-16(14-15)20(21,22)23/h3-5,14,17H,2,6-13H2,1H3,(H,24,26). The van der Waals surface area contributed by atoms with E-state index in [1.807, 2.05) is 0 Å². The minimum Gasteiger partial charge on any atom is -0.381 e. The summed E-state index contributed by atoms with van der Waals surface area (Å²) in [7, 11) is 0. The normalized spacial score (nSPS) is 21.8. The lowest BCUT2D eigenvalue weighted by molar-refractivity contribution is -0.138. The van der Waals surface area contributed by atoms with Crippen molar-refractivity contribution in [2.75, 3.05) is 32.8 Å². The van der Waals surface area contributed by atoms with E-state index in [4.69, 9.17) is 4.74 Å². The Balaban J connectivity index is 1.82. The predicted octanol–water partition coefficient (Wildman–Crippen LogP) is 3.35. The molecular weight excluding hydrogens is 357 g/mol. The molecule has 3 rings (SSSR count). The fraction of sp³-hybridized carbons (Fsp3) is 0.650. The summed E-state index contributed by atoms with van der Waals surface area (Å²) in [5.74, 6) is -0.167. The zero-order chi connectivity index (χ0) is 19.5. The number of ether oxygens (including phenoxy) is 1. The molecule has 0 bridgehead atoms. The highest BCUT2D eigenvalue weighted by Crippen LogP contribution is 2.38. The highest BCUT2D eigenvalue weighted by atomic mass is 19.4. The molecule has 1 aromatic rings. The molecule has 150 valence electrons. The van der Waals surface area contributed by atoms with Gasteiger partial charge in [0.05, 0.1) is 11.0 Å². The summed E-state index contributed by atoms with van der Waals surface area (Å²) >= 11 is 0. The van der Waals surface area contributed by atoms with E-state index >= 15 is 0 Å². The van der Waals surface area contributed by atoms with E-state index in [0.29, 0.717) is 31.6 Å². The number of benzene rings is 1. The van der Waals surface area contributed by atoms with E-state index in [9.17, 15) is 18.0 Å². The fourth-order valence-corrected chi connectivity index (χ4v) is 4.08. The zero-order valence-corrected chi connectivity index (χ0v) is 15.6. The van der Waals surface area contributed by atoms with Gasteiger partial charge in [0.1, 0.15) is 0 Å². The van der Waals surface area contributed by atoms with Crippen molar-refractivity contribution < 1.29 is 22.7 Å². The van der Waals surface area contributed by atoms with Crippen LogP contribution in [0.4, 0.5) is 13.2 Å². The number of hydrogen-bond acceptors (Lipinski definition) is 3. The van der Waals surface area contributed by atoms with Gasteiger partial charge in [-0.3, -0.25) is 4.79 Å². The van der Waals surface area contributed by atoms with Crippen LogP contribution < -0.4 is 5.32 Å². The summed E-state index contributed by atoms with van der Waals surface area (Å²) < 4.78 is 44.9. The van der Waals surface area contributed by atoms with Gasteiger partial charge in [0.15, 0.2) is 0 Å². The summed E-state index contributed by atoms with van der Waals surface area (Å²) in [6, 6.07) is 5.28. The van der Waals surface area contributed by atoms with Crippen LogP contribution in [0.25, 0.3) is 0 Å². The maximum atomic E-state index is 13.2. The Morgan fingerprint density at radius 3 is 2.52 bits per heavy atom. The zero-order valence-electron chi connectivity index (χ0n) is 15.6. The van der Waals surface area contributed by atoms with Crippen LogP contribution in [0, 0.1) is 0 Å². The van der Waals surface area contributed by atoms with E-state index in [1.54, 1.807) is 6.07 Å². The Hall–Kier alpha value is -1.60. The van der Waals surface area contributed by atoms with Crippen LogP contribution in [0.1, 0.15) is 43.7 Å². The molecule has 2 heterocycles. The Bertz CT molecular complexity index is 649. The first-order valence-electron chi connectivity index (χ1n) is 9.64. The lowest BCUT2D eigenvalue weighted by Gasteiger charge is -2.39. The molecule has 2 saturated heterocycles. The van der Waals surface area contributed by atoms with Crippen molar-refractivity contribution in [3.8, 4) is 0 Å². The minimum absolute atomic E-state index is 0.0748. The smallest absolute Gasteiger partial charge is 0.381 e. The molecule has 0 radical (unpaired) electrons. The first-order valence-corrected chi connectivity index (χ1v) is 9.64. The number of carbonyl (C=O) groups is 1. The quantitative estimate of drug-likeness (QED) is 0.866. The summed E-state index contributed by atoms with van der Waals surface area (Å²) in [5, 5.41) is 3.13. The number of likely N-dealkylation sites (tertiary alicyclic amines) is 1. The van der Waals surface area contributed by atoms with Crippen molar-refractivity contribution in [2.24, 2.45) is 0 Å². The van der Waals surface area contributed by atoms with Gasteiger partial charge < -0.3 is 15.0 Å². The van der Waals surface area contributed by atoms with Crippen LogP contribution in [0.15, 0.2) is 24.3 Å². The van der Waals surface area contributed by atoms with E-state index in [2.05, 4.69) is 17.1 Å². The van der Waals surface area contributed by atoms with Gasteiger partial charge in [0.25, 0.3) is 0 Å². The average Bonchev–Trinajstić information content (AvgIpc) is 2.68. The topological polar surface area (TPSA) is 41.6 Å². The summed E-state index contributed by atoms with van der Waals surface area (Å²) in [6.07, 6.45) is -1.89. The number of rotatable bonds is 4. The van der Waals surface area contributed by atoms with Gasteiger partial charge in [-0.15, -0.1) is 0 Å². The number of halogens is 3. The lowest BCUT2D eigenvalue weighted by atomic mass is 9.72. The molecule has 0 aliphatic carbocycles. The fourth-order valence-electron chi connectivity index (χ4n) is 4.08. The van der Waals surface area contributed by atoms with Gasteiger partial charge in [-0.05, 0) is 43.9 Å². The Morgan fingerprint density at radius 1 is 1.26 bits per heavy atom. The van der Waals surface area contributed by atoms with Crippen LogP contribution in [-0.2, 0) is 21.1 Å². The first kappa shape index (κ1) is 20.1. The van der Waals surface area contributed by atoms with Gasteiger partial charge in [-0.25, -0.2) is 0 Å². The van der Waals surface area contributed by atoms with Crippen LogP contribution in [0.5, 0.6) is 0 Å². The predicted molar refractivity (Wildman–Crippen MR) is 96.5 cm³/mol. The number of piperidine rings is 1. The third-order valence-electron chi connectivity index (χ3n) is 5.89. The Kier molecular flexibility index (Phi) is 6.11. The second-order valence-corrected chi connectivity index (χ2v) is 7.46. The van der Waals surface area contributed by atoms with E-state index in [0.717, 1.165) is 44.6 Å². The molecule has 0 saturated carbocycles. The van der Waals surface area contributed by atoms with Crippen molar-refractivity contribution >= 4 is 5.91 Å². The van der Waals surface area contributed by atoms with Crippen molar-refractivity contribution in [2.45, 2.75) is 50.2 Å². The molecule has 0 spiro atoms. The maximum absolute atomic E-state index is 13.2. The SMILES string of the molecule is CCN1CCC(NC(=O)C2(c3cccc(C(F)(F)F)c3)CCOCC2)CC1. The van der Waals surface area contributed by atoms with E-state index in [1.165, 1.54) is 6.07 Å². The number of nitrogens with one attached hydrogen (secondary N) is 1. The molecule has 0 atom stereocenters. The monoisotopic (exact) mass is 384 g/mol. The van der Waals surface area contributed by atoms with Crippen molar-refractivity contribution in [3.05, 3.63) is 35.4 Å². The number of amides is 1. The number of nitrogens with zero attached hydrogens (tertiary/aromatic N) is 1. The largest absolute Gasteiger partial charge is 0.416 e. The lowest BCUT2D eigenvalue weighted by Crippen LogP contribution is -2.53. The molecular formula is C20H27F3N2O2. The van der Waals surface area contributed by atoms with Crippen LogP contribution >= 0.6 is 0 Å². The third kappa shape index (κ3) is 4.46. The van der Waals surface area contributed by atoms with Gasteiger partial charge in [-0.2, -0.15) is 13.2 Å². The Labute approximate surface area is 158 Å². The summed E-state index contributed by atoms with van der Waals surface area (Å²) in [4.78, 5) is 15.6.